The minimum Gasteiger partial charge on any atom is -0.394 e. The molecule has 0 bridgehead atoms. The van der Waals surface area contributed by atoms with Crippen LogP contribution in [0.15, 0.2) is 0 Å². The average molecular weight is 292 g/mol. The summed E-state index contributed by atoms with van der Waals surface area (Å²) >= 11 is 0. The third kappa shape index (κ3) is 5.46. The zero-order valence-corrected chi connectivity index (χ0v) is 11.2. The minimum absolute atomic E-state index is 0. The molecular formula is C14H28O6. The first kappa shape index (κ1) is 19.5. The molecule has 1 saturated heterocycles. The van der Waals surface area contributed by atoms with Crippen molar-refractivity contribution in [3.63, 3.8) is 0 Å². The Kier molecular flexibility index (Phi) is 9.16. The average Bonchev–Trinajstić information content (AvgIpc) is 2.37. The van der Waals surface area contributed by atoms with E-state index in [0.717, 1.165) is 19.3 Å². The number of carbonyl (C=O) groups excluding carboxylic acids is 1. The molecule has 5 unspecified atom stereocenters. The summed E-state index contributed by atoms with van der Waals surface area (Å²) in [6, 6.07) is 0. The van der Waals surface area contributed by atoms with E-state index in [2.05, 4.69) is 0 Å². The van der Waals surface area contributed by atoms with Crippen LogP contribution < -0.4 is 0 Å². The Morgan fingerprint density at radius 3 is 2.15 bits per heavy atom. The molecule has 6 nitrogen and oxygen atoms in total. The lowest BCUT2D eigenvalue weighted by molar-refractivity contribution is -0.230. The van der Waals surface area contributed by atoms with Gasteiger partial charge < -0.3 is 30.0 Å². The van der Waals surface area contributed by atoms with Crippen LogP contribution in [0.25, 0.3) is 0 Å². The van der Waals surface area contributed by atoms with Crippen molar-refractivity contribution in [2.45, 2.75) is 77.0 Å². The second kappa shape index (κ2) is 9.41. The first-order valence-corrected chi connectivity index (χ1v) is 6.77. The highest BCUT2D eigenvalue weighted by Gasteiger charge is 2.42. The Morgan fingerprint density at radius 2 is 1.60 bits per heavy atom. The Balaban J connectivity index is 0.00000361. The molecule has 1 aliphatic rings. The summed E-state index contributed by atoms with van der Waals surface area (Å²) in [4.78, 5) is 10.8. The zero-order valence-electron chi connectivity index (χ0n) is 11.2. The normalized spacial score (nSPS) is 33.5. The van der Waals surface area contributed by atoms with Gasteiger partial charge >= 0.3 is 0 Å². The lowest BCUT2D eigenvalue weighted by Crippen LogP contribution is -2.58. The molecule has 0 aromatic rings. The molecule has 1 fully saturated rings. The Bertz CT molecular complexity index is 281. The molecule has 1 rings (SSSR count). The number of ketones is 1. The fraction of sp³-hybridized carbons (Fsp3) is 0.929. The van der Waals surface area contributed by atoms with Crippen LogP contribution in [0.4, 0.5) is 0 Å². The van der Waals surface area contributed by atoms with Gasteiger partial charge in [0.15, 0.2) is 0 Å². The van der Waals surface area contributed by atoms with Crippen LogP contribution in [0.2, 0.25) is 0 Å². The van der Waals surface area contributed by atoms with Gasteiger partial charge in [-0.2, -0.15) is 0 Å². The highest BCUT2D eigenvalue weighted by atomic mass is 16.5. The third-order valence-electron chi connectivity index (χ3n) is 3.51. The lowest BCUT2D eigenvalue weighted by Gasteiger charge is -2.40. The minimum atomic E-state index is -1.30. The second-order valence-corrected chi connectivity index (χ2v) is 5.17. The Labute approximate surface area is 120 Å². The van der Waals surface area contributed by atoms with Gasteiger partial charge in [0.1, 0.15) is 30.2 Å². The van der Waals surface area contributed by atoms with Crippen LogP contribution in [0.3, 0.4) is 0 Å². The molecule has 1 aliphatic heterocycles. The molecule has 1 heterocycles. The van der Waals surface area contributed by atoms with E-state index in [1.165, 1.54) is 0 Å². The van der Waals surface area contributed by atoms with E-state index in [1.807, 2.05) is 0 Å². The van der Waals surface area contributed by atoms with Crippen molar-refractivity contribution in [3.05, 3.63) is 0 Å². The summed E-state index contributed by atoms with van der Waals surface area (Å²) < 4.78 is 5.38. The maximum atomic E-state index is 10.8. The van der Waals surface area contributed by atoms with Crippen molar-refractivity contribution >= 4 is 5.78 Å². The van der Waals surface area contributed by atoms with Crippen LogP contribution >= 0.6 is 0 Å². The maximum absolute atomic E-state index is 10.8. The first-order chi connectivity index (χ1) is 8.97. The van der Waals surface area contributed by atoms with Gasteiger partial charge in [0, 0.05) is 6.42 Å². The fourth-order valence-electron chi connectivity index (χ4n) is 2.31. The zero-order chi connectivity index (χ0) is 14.4. The summed E-state index contributed by atoms with van der Waals surface area (Å²) in [6.07, 6.45) is -1.69. The fourth-order valence-corrected chi connectivity index (χ4v) is 2.31. The predicted octanol–water partition coefficient (Wildman–Crippen LogP) is 0.00440. The van der Waals surface area contributed by atoms with Gasteiger partial charge in [-0.05, 0) is 19.8 Å². The van der Waals surface area contributed by atoms with Crippen LogP contribution in [0.5, 0.6) is 0 Å². The van der Waals surface area contributed by atoms with Crippen molar-refractivity contribution in [2.75, 3.05) is 6.61 Å². The number of hydrogen-bond donors (Lipinski definition) is 4. The van der Waals surface area contributed by atoms with Gasteiger partial charge in [-0.25, -0.2) is 0 Å². The van der Waals surface area contributed by atoms with Crippen molar-refractivity contribution in [2.24, 2.45) is 0 Å². The van der Waals surface area contributed by atoms with E-state index in [4.69, 9.17) is 9.84 Å². The van der Waals surface area contributed by atoms with Gasteiger partial charge in [0.25, 0.3) is 0 Å². The van der Waals surface area contributed by atoms with Crippen LogP contribution in [0.1, 0.15) is 46.5 Å². The Hall–Kier alpha value is -0.530. The van der Waals surface area contributed by atoms with Crippen molar-refractivity contribution < 1.29 is 30.0 Å². The molecule has 20 heavy (non-hydrogen) atoms. The molecule has 0 aromatic carbocycles. The van der Waals surface area contributed by atoms with Crippen LogP contribution in [-0.2, 0) is 9.53 Å². The molecule has 6 heteroatoms. The molecule has 0 spiro atoms. The number of rotatable bonds is 7. The van der Waals surface area contributed by atoms with E-state index >= 15 is 0 Å². The second-order valence-electron chi connectivity index (χ2n) is 5.17. The molecule has 0 saturated carbocycles. The largest absolute Gasteiger partial charge is 0.394 e. The molecular weight excluding hydrogens is 264 g/mol. The van der Waals surface area contributed by atoms with E-state index < -0.39 is 37.1 Å². The standard InChI is InChI=1S/C13H24O6.CH4/c1-8(15)5-3-2-4-6-9-11(16)13(18)12(17)10(7-14)19-9;/h9-14,16-18H,2-7H2,1H3;1H4. The topological polar surface area (TPSA) is 107 Å². The molecule has 0 aromatic heterocycles. The van der Waals surface area contributed by atoms with E-state index in [-0.39, 0.29) is 13.2 Å². The third-order valence-corrected chi connectivity index (χ3v) is 3.51. The van der Waals surface area contributed by atoms with Crippen LogP contribution in [0, 0.1) is 0 Å². The smallest absolute Gasteiger partial charge is 0.129 e. The molecule has 0 radical (unpaired) electrons. The molecule has 0 amide bonds. The highest BCUT2D eigenvalue weighted by molar-refractivity contribution is 5.75. The number of aliphatic hydroxyl groups excluding tert-OH is 4. The van der Waals surface area contributed by atoms with Gasteiger partial charge in [0.2, 0.25) is 0 Å². The SMILES string of the molecule is C.CC(=O)CCCCCC1OC(CO)C(O)C(O)C1O. The first-order valence-electron chi connectivity index (χ1n) is 6.77. The quantitative estimate of drug-likeness (QED) is 0.492. The maximum Gasteiger partial charge on any atom is 0.129 e. The lowest BCUT2D eigenvalue weighted by atomic mass is 9.92. The molecule has 5 atom stereocenters. The summed E-state index contributed by atoms with van der Waals surface area (Å²) in [5.74, 6) is 0.160. The summed E-state index contributed by atoms with van der Waals surface area (Å²) in [6.45, 7) is 1.16. The number of carbonyl (C=O) groups is 1. The number of aliphatic hydroxyl groups is 4. The van der Waals surface area contributed by atoms with Gasteiger partial charge in [-0.15, -0.1) is 0 Å². The van der Waals surface area contributed by atoms with Crippen molar-refractivity contribution in [1.29, 1.82) is 0 Å². The van der Waals surface area contributed by atoms with E-state index in [9.17, 15) is 20.1 Å². The predicted molar refractivity (Wildman–Crippen MR) is 74.3 cm³/mol. The molecule has 120 valence electrons. The summed E-state index contributed by atoms with van der Waals surface area (Å²) in [7, 11) is 0. The van der Waals surface area contributed by atoms with Gasteiger partial charge in [-0.1, -0.05) is 20.3 Å². The number of ether oxygens (including phenoxy) is 1. The Morgan fingerprint density at radius 1 is 1.00 bits per heavy atom. The van der Waals surface area contributed by atoms with Crippen LogP contribution in [-0.4, -0.2) is 63.3 Å². The number of Topliss-reactive ketones (excluding diaryl/α,β-unsaturated/α-hetero) is 1. The summed E-state index contributed by atoms with van der Waals surface area (Å²) in [5.41, 5.74) is 0. The van der Waals surface area contributed by atoms with Gasteiger partial charge in [-0.3, -0.25) is 0 Å². The molecule has 4 N–H and O–H groups in total. The number of unbranched alkanes of at least 4 members (excludes halogenated alkanes) is 2. The van der Waals surface area contributed by atoms with Crippen molar-refractivity contribution in [1.82, 2.24) is 0 Å². The van der Waals surface area contributed by atoms with E-state index in [1.54, 1.807) is 6.92 Å². The summed E-state index contributed by atoms with van der Waals surface area (Å²) in [5, 5.41) is 38.1. The number of hydrogen-bond acceptors (Lipinski definition) is 6. The van der Waals surface area contributed by atoms with Gasteiger partial charge in [0.05, 0.1) is 12.7 Å². The highest BCUT2D eigenvalue weighted by Crippen LogP contribution is 2.24. The van der Waals surface area contributed by atoms with Crippen molar-refractivity contribution in [3.8, 4) is 0 Å². The molecule has 0 aliphatic carbocycles. The monoisotopic (exact) mass is 292 g/mol. The van der Waals surface area contributed by atoms with E-state index in [0.29, 0.717) is 12.8 Å².